The van der Waals surface area contributed by atoms with Crippen LogP contribution in [-0.2, 0) is 0 Å². The Morgan fingerprint density at radius 3 is 2.33 bits per heavy atom. The molecule has 0 bridgehead atoms. The molecule has 0 amide bonds. The summed E-state index contributed by atoms with van der Waals surface area (Å²) in [5.74, 6) is 1.89. The quantitative estimate of drug-likeness (QED) is 0.724. The summed E-state index contributed by atoms with van der Waals surface area (Å²) in [5, 5.41) is 0. The second kappa shape index (κ2) is 6.43. The molecular weight excluding hydrogens is 228 g/mol. The van der Waals surface area contributed by atoms with E-state index in [2.05, 4.69) is 13.8 Å². The van der Waals surface area contributed by atoms with Gasteiger partial charge in [0.2, 0.25) is 0 Å². The van der Waals surface area contributed by atoms with Crippen molar-refractivity contribution in [2.45, 2.75) is 27.2 Å². The van der Waals surface area contributed by atoms with Gasteiger partial charge in [-0.05, 0) is 30.5 Å². The van der Waals surface area contributed by atoms with Gasteiger partial charge in [0.15, 0.2) is 5.78 Å². The molecule has 1 aromatic carbocycles. The molecule has 100 valence electrons. The third kappa shape index (κ3) is 3.49. The van der Waals surface area contributed by atoms with Gasteiger partial charge in [-0.1, -0.05) is 20.8 Å². The van der Waals surface area contributed by atoms with Crippen LogP contribution < -0.4 is 9.47 Å². The highest BCUT2D eigenvalue weighted by Crippen LogP contribution is 2.28. The van der Waals surface area contributed by atoms with Crippen LogP contribution in [0.1, 0.15) is 37.6 Å². The van der Waals surface area contributed by atoms with E-state index in [1.54, 1.807) is 32.4 Å². The molecule has 0 spiro atoms. The fourth-order valence-electron chi connectivity index (χ4n) is 2.09. The molecule has 0 aliphatic rings. The molecule has 0 aromatic heterocycles. The second-order valence-electron chi connectivity index (χ2n) is 4.96. The Morgan fingerprint density at radius 2 is 1.83 bits per heavy atom. The SMILES string of the molecule is COc1ccc(OC)c(C(=O)C(C)CC(C)C)c1. The van der Waals surface area contributed by atoms with Crippen LogP contribution in [0.5, 0.6) is 11.5 Å². The summed E-state index contributed by atoms with van der Waals surface area (Å²) in [5.41, 5.74) is 0.602. The lowest BCUT2D eigenvalue weighted by Crippen LogP contribution is -2.14. The molecule has 3 nitrogen and oxygen atoms in total. The lowest BCUT2D eigenvalue weighted by molar-refractivity contribution is 0.0912. The number of hydrogen-bond donors (Lipinski definition) is 0. The van der Waals surface area contributed by atoms with E-state index in [9.17, 15) is 4.79 Å². The van der Waals surface area contributed by atoms with Crippen LogP contribution in [0.15, 0.2) is 18.2 Å². The molecule has 3 heteroatoms. The lowest BCUT2D eigenvalue weighted by Gasteiger charge is -2.15. The zero-order valence-electron chi connectivity index (χ0n) is 11.8. The smallest absolute Gasteiger partial charge is 0.169 e. The summed E-state index contributed by atoms with van der Waals surface area (Å²) < 4.78 is 10.4. The van der Waals surface area contributed by atoms with Crippen molar-refractivity contribution < 1.29 is 14.3 Å². The molecule has 0 heterocycles. The van der Waals surface area contributed by atoms with E-state index in [0.717, 1.165) is 6.42 Å². The first-order chi connectivity index (χ1) is 8.49. The average Bonchev–Trinajstić information content (AvgIpc) is 2.36. The van der Waals surface area contributed by atoms with Crippen molar-refractivity contribution in [1.29, 1.82) is 0 Å². The Labute approximate surface area is 109 Å². The van der Waals surface area contributed by atoms with Gasteiger partial charge in [-0.3, -0.25) is 4.79 Å². The average molecular weight is 250 g/mol. The number of carbonyl (C=O) groups excluding carboxylic acids is 1. The number of Topliss-reactive ketones (excluding diaryl/α,β-unsaturated/α-hetero) is 1. The summed E-state index contributed by atoms with van der Waals surface area (Å²) in [6.07, 6.45) is 0.874. The predicted octanol–water partition coefficient (Wildman–Crippen LogP) is 3.57. The molecule has 18 heavy (non-hydrogen) atoms. The summed E-state index contributed by atoms with van der Waals surface area (Å²) in [6.45, 7) is 6.19. The van der Waals surface area contributed by atoms with Gasteiger partial charge in [0, 0.05) is 5.92 Å². The first-order valence-electron chi connectivity index (χ1n) is 6.25. The molecule has 1 unspecified atom stereocenters. The topological polar surface area (TPSA) is 35.5 Å². The minimum Gasteiger partial charge on any atom is -0.497 e. The molecule has 0 aliphatic heterocycles. The Kier molecular flexibility index (Phi) is 5.20. The maximum Gasteiger partial charge on any atom is 0.169 e. The van der Waals surface area contributed by atoms with E-state index < -0.39 is 0 Å². The molecule has 0 fully saturated rings. The van der Waals surface area contributed by atoms with Crippen molar-refractivity contribution in [2.75, 3.05) is 14.2 Å². The molecular formula is C15H22O3. The molecule has 0 saturated carbocycles. The van der Waals surface area contributed by atoms with Crippen LogP contribution in [-0.4, -0.2) is 20.0 Å². The van der Waals surface area contributed by atoms with Crippen molar-refractivity contribution in [2.24, 2.45) is 11.8 Å². The minimum absolute atomic E-state index is 0.00833. The molecule has 1 aromatic rings. The Hall–Kier alpha value is -1.51. The third-order valence-corrected chi connectivity index (χ3v) is 2.94. The van der Waals surface area contributed by atoms with Crippen LogP contribution in [0.4, 0.5) is 0 Å². The lowest BCUT2D eigenvalue weighted by atomic mass is 9.91. The molecule has 0 N–H and O–H groups in total. The Bertz CT molecular complexity index is 410. The van der Waals surface area contributed by atoms with Gasteiger partial charge in [-0.2, -0.15) is 0 Å². The highest BCUT2D eigenvalue weighted by Gasteiger charge is 2.20. The van der Waals surface area contributed by atoms with Crippen molar-refractivity contribution in [1.82, 2.24) is 0 Å². The van der Waals surface area contributed by atoms with Gasteiger partial charge in [0.25, 0.3) is 0 Å². The van der Waals surface area contributed by atoms with E-state index in [1.165, 1.54) is 0 Å². The van der Waals surface area contributed by atoms with Gasteiger partial charge < -0.3 is 9.47 Å². The minimum atomic E-state index is -0.00833. The number of methoxy groups -OCH3 is 2. The van der Waals surface area contributed by atoms with Gasteiger partial charge in [0.1, 0.15) is 11.5 Å². The van der Waals surface area contributed by atoms with Crippen LogP contribution in [0, 0.1) is 11.8 Å². The standard InChI is InChI=1S/C15H22O3/c1-10(2)8-11(3)15(16)13-9-12(17-4)6-7-14(13)18-5/h6-7,9-11H,8H2,1-5H3. The normalized spacial score (nSPS) is 12.3. The van der Waals surface area contributed by atoms with E-state index in [0.29, 0.717) is 23.0 Å². The third-order valence-electron chi connectivity index (χ3n) is 2.94. The zero-order valence-corrected chi connectivity index (χ0v) is 11.8. The fourth-order valence-corrected chi connectivity index (χ4v) is 2.09. The van der Waals surface area contributed by atoms with Gasteiger partial charge in [0.05, 0.1) is 19.8 Å². The van der Waals surface area contributed by atoms with E-state index in [-0.39, 0.29) is 11.7 Å². The predicted molar refractivity (Wildman–Crippen MR) is 72.5 cm³/mol. The van der Waals surface area contributed by atoms with Crippen LogP contribution in [0.25, 0.3) is 0 Å². The maximum absolute atomic E-state index is 12.4. The number of ether oxygens (including phenoxy) is 2. The number of benzene rings is 1. The summed E-state index contributed by atoms with van der Waals surface area (Å²) >= 11 is 0. The summed E-state index contributed by atoms with van der Waals surface area (Å²) in [4.78, 5) is 12.4. The van der Waals surface area contributed by atoms with Gasteiger partial charge in [-0.15, -0.1) is 0 Å². The fraction of sp³-hybridized carbons (Fsp3) is 0.533. The molecule has 0 saturated heterocycles. The van der Waals surface area contributed by atoms with Crippen molar-refractivity contribution in [3.8, 4) is 11.5 Å². The number of ketones is 1. The van der Waals surface area contributed by atoms with Gasteiger partial charge >= 0.3 is 0 Å². The van der Waals surface area contributed by atoms with E-state index in [1.807, 2.05) is 6.92 Å². The largest absolute Gasteiger partial charge is 0.497 e. The summed E-state index contributed by atoms with van der Waals surface area (Å²) in [6, 6.07) is 5.31. The second-order valence-corrected chi connectivity index (χ2v) is 4.96. The number of carbonyl (C=O) groups is 1. The van der Waals surface area contributed by atoms with Crippen LogP contribution in [0.2, 0.25) is 0 Å². The highest BCUT2D eigenvalue weighted by molar-refractivity contribution is 6.00. The number of hydrogen-bond acceptors (Lipinski definition) is 3. The number of rotatable bonds is 6. The van der Waals surface area contributed by atoms with E-state index in [4.69, 9.17) is 9.47 Å². The molecule has 1 rings (SSSR count). The Balaban J connectivity index is 3.02. The van der Waals surface area contributed by atoms with Gasteiger partial charge in [-0.25, -0.2) is 0 Å². The molecule has 1 atom stereocenters. The van der Waals surface area contributed by atoms with Crippen LogP contribution in [0.3, 0.4) is 0 Å². The van der Waals surface area contributed by atoms with E-state index >= 15 is 0 Å². The van der Waals surface area contributed by atoms with Crippen molar-refractivity contribution in [3.63, 3.8) is 0 Å². The van der Waals surface area contributed by atoms with Crippen molar-refractivity contribution >= 4 is 5.78 Å². The maximum atomic E-state index is 12.4. The Morgan fingerprint density at radius 1 is 1.17 bits per heavy atom. The monoisotopic (exact) mass is 250 g/mol. The van der Waals surface area contributed by atoms with Crippen LogP contribution >= 0.6 is 0 Å². The first-order valence-corrected chi connectivity index (χ1v) is 6.25. The molecule has 0 aliphatic carbocycles. The first kappa shape index (κ1) is 14.6. The zero-order chi connectivity index (χ0) is 13.7. The molecule has 0 radical (unpaired) electrons. The summed E-state index contributed by atoms with van der Waals surface area (Å²) in [7, 11) is 3.17. The highest BCUT2D eigenvalue weighted by atomic mass is 16.5. The van der Waals surface area contributed by atoms with Crippen molar-refractivity contribution in [3.05, 3.63) is 23.8 Å².